The minimum Gasteiger partial charge on any atom is -0.309 e. The van der Waals surface area contributed by atoms with Crippen molar-refractivity contribution in [2.24, 2.45) is 5.41 Å². The average molecular weight is 255 g/mol. The number of likely N-dealkylation sites (N-methyl/N-ethyl adjacent to an activating group) is 2. The second kappa shape index (κ2) is 6.88. The van der Waals surface area contributed by atoms with Crippen molar-refractivity contribution < 1.29 is 0 Å². The molecule has 0 bridgehead atoms. The third-order valence-electron chi connectivity index (χ3n) is 4.62. The van der Waals surface area contributed by atoms with Crippen LogP contribution < -0.4 is 0 Å². The molecule has 0 aromatic rings. The summed E-state index contributed by atoms with van der Waals surface area (Å²) in [6, 6.07) is 0.822. The Kier molecular flexibility index (Phi) is 6.09. The molecular weight excluding hydrogens is 222 g/mol. The molecule has 3 heteroatoms. The summed E-state index contributed by atoms with van der Waals surface area (Å²) in [4.78, 5) is 7.25. The summed E-state index contributed by atoms with van der Waals surface area (Å²) in [6.07, 6.45) is 4.11. The first kappa shape index (κ1) is 15.9. The van der Waals surface area contributed by atoms with E-state index < -0.39 is 0 Å². The molecule has 1 saturated carbocycles. The van der Waals surface area contributed by atoms with Gasteiger partial charge in [-0.2, -0.15) is 0 Å². The molecule has 0 atom stereocenters. The van der Waals surface area contributed by atoms with Gasteiger partial charge in [-0.3, -0.25) is 0 Å². The van der Waals surface area contributed by atoms with Crippen LogP contribution in [0.3, 0.4) is 0 Å². The van der Waals surface area contributed by atoms with E-state index in [4.69, 9.17) is 0 Å². The van der Waals surface area contributed by atoms with Gasteiger partial charge in [-0.05, 0) is 66.0 Å². The Morgan fingerprint density at radius 2 is 1.61 bits per heavy atom. The Labute approximate surface area is 114 Å². The molecule has 0 heterocycles. The molecule has 18 heavy (non-hydrogen) atoms. The molecule has 0 unspecified atom stereocenters. The molecule has 0 amide bonds. The second-order valence-electron chi connectivity index (χ2n) is 6.80. The summed E-state index contributed by atoms with van der Waals surface area (Å²) in [5.41, 5.74) is 0.597. The van der Waals surface area contributed by atoms with Gasteiger partial charge in [0.25, 0.3) is 0 Å². The van der Waals surface area contributed by atoms with Gasteiger partial charge in [0, 0.05) is 19.1 Å². The van der Waals surface area contributed by atoms with Crippen molar-refractivity contribution in [1.29, 1.82) is 0 Å². The van der Waals surface area contributed by atoms with Crippen molar-refractivity contribution in [3.8, 4) is 0 Å². The van der Waals surface area contributed by atoms with Crippen LogP contribution in [0.15, 0.2) is 0 Å². The Morgan fingerprint density at radius 1 is 1.00 bits per heavy atom. The van der Waals surface area contributed by atoms with E-state index in [2.05, 4.69) is 56.7 Å². The van der Waals surface area contributed by atoms with E-state index in [0.29, 0.717) is 5.41 Å². The largest absolute Gasteiger partial charge is 0.309 e. The van der Waals surface area contributed by atoms with Gasteiger partial charge in [0.1, 0.15) is 0 Å². The maximum absolute atomic E-state index is 2.56. The predicted molar refractivity (Wildman–Crippen MR) is 80.1 cm³/mol. The van der Waals surface area contributed by atoms with Crippen LogP contribution in [-0.4, -0.2) is 75.1 Å². The summed E-state index contributed by atoms with van der Waals surface area (Å²) < 4.78 is 0. The third kappa shape index (κ3) is 4.87. The molecule has 0 N–H and O–H groups in total. The van der Waals surface area contributed by atoms with E-state index >= 15 is 0 Å². The molecule has 108 valence electrons. The Bertz CT molecular complexity index is 234. The summed E-state index contributed by atoms with van der Waals surface area (Å²) in [6.45, 7) is 9.46. The van der Waals surface area contributed by atoms with Crippen molar-refractivity contribution in [2.75, 3.05) is 54.4 Å². The monoisotopic (exact) mass is 255 g/mol. The smallest absolute Gasteiger partial charge is 0.0109 e. The minimum atomic E-state index is 0.597. The predicted octanol–water partition coefficient (Wildman–Crippen LogP) is 1.99. The van der Waals surface area contributed by atoms with Crippen molar-refractivity contribution in [3.63, 3.8) is 0 Å². The lowest BCUT2D eigenvalue weighted by Crippen LogP contribution is -2.50. The van der Waals surface area contributed by atoms with Gasteiger partial charge < -0.3 is 14.7 Å². The van der Waals surface area contributed by atoms with E-state index in [1.165, 1.54) is 38.9 Å². The van der Waals surface area contributed by atoms with Crippen LogP contribution in [0, 0.1) is 5.41 Å². The van der Waals surface area contributed by atoms with Gasteiger partial charge in [0.2, 0.25) is 0 Å². The Morgan fingerprint density at radius 3 is 2.11 bits per heavy atom. The highest BCUT2D eigenvalue weighted by Gasteiger charge is 2.41. The maximum atomic E-state index is 2.56. The summed E-state index contributed by atoms with van der Waals surface area (Å²) in [7, 11) is 8.84. The van der Waals surface area contributed by atoms with E-state index in [-0.39, 0.29) is 0 Å². The van der Waals surface area contributed by atoms with Crippen LogP contribution in [0.4, 0.5) is 0 Å². The first-order chi connectivity index (χ1) is 8.36. The number of hydrogen-bond acceptors (Lipinski definition) is 3. The fourth-order valence-corrected chi connectivity index (χ4v) is 2.76. The van der Waals surface area contributed by atoms with Crippen LogP contribution in [0.5, 0.6) is 0 Å². The fraction of sp³-hybridized carbons (Fsp3) is 1.00. The first-order valence-corrected chi connectivity index (χ1v) is 7.40. The Hall–Kier alpha value is -0.120. The number of nitrogens with zero attached hydrogens (tertiary/aromatic N) is 3. The van der Waals surface area contributed by atoms with Crippen LogP contribution >= 0.6 is 0 Å². The van der Waals surface area contributed by atoms with Gasteiger partial charge in [-0.25, -0.2) is 0 Å². The molecule has 1 aliphatic rings. The molecule has 1 aliphatic carbocycles. The van der Waals surface area contributed by atoms with Gasteiger partial charge in [-0.1, -0.05) is 13.8 Å². The summed E-state index contributed by atoms with van der Waals surface area (Å²) >= 11 is 0. The fourth-order valence-electron chi connectivity index (χ4n) is 2.76. The molecular formula is C15H33N3. The Balaban J connectivity index is 2.20. The van der Waals surface area contributed by atoms with E-state index in [1.807, 2.05) is 0 Å². The molecule has 0 aromatic heterocycles. The van der Waals surface area contributed by atoms with Gasteiger partial charge in [-0.15, -0.1) is 0 Å². The lowest BCUT2D eigenvalue weighted by molar-refractivity contribution is 0.0137. The molecule has 0 aliphatic heterocycles. The normalized spacial score (nSPS) is 28.2. The second-order valence-corrected chi connectivity index (χ2v) is 6.80. The summed E-state index contributed by atoms with van der Waals surface area (Å²) in [5, 5.41) is 0. The van der Waals surface area contributed by atoms with Crippen molar-refractivity contribution in [1.82, 2.24) is 14.7 Å². The van der Waals surface area contributed by atoms with Gasteiger partial charge in [0.15, 0.2) is 0 Å². The zero-order chi connectivity index (χ0) is 13.8. The van der Waals surface area contributed by atoms with Gasteiger partial charge in [0.05, 0.1) is 0 Å². The van der Waals surface area contributed by atoms with Crippen LogP contribution in [-0.2, 0) is 0 Å². The lowest BCUT2D eigenvalue weighted by atomic mass is 9.64. The van der Waals surface area contributed by atoms with Crippen LogP contribution in [0.1, 0.15) is 33.1 Å². The molecule has 0 spiro atoms. The molecule has 0 aromatic carbocycles. The van der Waals surface area contributed by atoms with E-state index in [1.54, 1.807) is 0 Å². The molecule has 0 saturated heterocycles. The zero-order valence-corrected chi connectivity index (χ0v) is 13.4. The number of hydrogen-bond donors (Lipinski definition) is 0. The highest BCUT2D eigenvalue weighted by Crippen LogP contribution is 2.45. The summed E-state index contributed by atoms with van der Waals surface area (Å²) in [5.74, 6) is 0. The van der Waals surface area contributed by atoms with Crippen molar-refractivity contribution in [2.45, 2.75) is 39.2 Å². The van der Waals surface area contributed by atoms with E-state index in [0.717, 1.165) is 12.6 Å². The lowest BCUT2D eigenvalue weighted by Gasteiger charge is -2.50. The third-order valence-corrected chi connectivity index (χ3v) is 4.62. The molecule has 3 nitrogen and oxygen atoms in total. The van der Waals surface area contributed by atoms with Crippen molar-refractivity contribution in [3.05, 3.63) is 0 Å². The highest BCUT2D eigenvalue weighted by atomic mass is 15.2. The number of rotatable bonds is 8. The minimum absolute atomic E-state index is 0.597. The first-order valence-electron chi connectivity index (χ1n) is 7.40. The topological polar surface area (TPSA) is 9.72 Å². The standard InChI is InChI=1S/C15H33N3/c1-7-17(5)10-11-18(6)14-12-15(2,13-14)8-9-16(3)4/h14H,7-13H2,1-6H3. The van der Waals surface area contributed by atoms with E-state index in [9.17, 15) is 0 Å². The van der Waals surface area contributed by atoms with Crippen LogP contribution in [0.25, 0.3) is 0 Å². The maximum Gasteiger partial charge on any atom is 0.0109 e. The van der Waals surface area contributed by atoms with Crippen LogP contribution in [0.2, 0.25) is 0 Å². The highest BCUT2D eigenvalue weighted by molar-refractivity contribution is 4.95. The zero-order valence-electron chi connectivity index (χ0n) is 13.4. The van der Waals surface area contributed by atoms with Gasteiger partial charge >= 0.3 is 0 Å². The quantitative estimate of drug-likeness (QED) is 0.657. The van der Waals surface area contributed by atoms with Crippen molar-refractivity contribution >= 4 is 0 Å². The molecule has 1 rings (SSSR count). The average Bonchev–Trinajstić information content (AvgIpc) is 2.29. The SMILES string of the molecule is CCN(C)CCN(C)C1CC(C)(CCN(C)C)C1. The molecule has 0 radical (unpaired) electrons. The molecule has 1 fully saturated rings.